The molecule has 8 nitrogen and oxygen atoms in total. The van der Waals surface area contributed by atoms with Gasteiger partial charge in [0.2, 0.25) is 21.8 Å². The lowest BCUT2D eigenvalue weighted by Gasteiger charge is -2.34. The van der Waals surface area contributed by atoms with Gasteiger partial charge in [-0.1, -0.05) is 73.4 Å². The fraction of sp³-hybridized carbons (Fsp3) is 0.333. The predicted octanol–water partition coefficient (Wildman–Crippen LogP) is 5.18. The first kappa shape index (κ1) is 32.2. The summed E-state index contributed by atoms with van der Waals surface area (Å²) in [6.07, 6.45) is 1.22. The molecule has 0 radical (unpaired) electrons. The van der Waals surface area contributed by atoms with E-state index in [2.05, 4.69) is 5.32 Å². The van der Waals surface area contributed by atoms with Crippen molar-refractivity contribution in [2.75, 3.05) is 30.8 Å². The molecule has 0 spiro atoms. The molecule has 3 aromatic rings. The van der Waals surface area contributed by atoms with Gasteiger partial charge in [-0.05, 0) is 47.9 Å². The van der Waals surface area contributed by atoms with Crippen molar-refractivity contribution in [1.82, 2.24) is 10.2 Å². The van der Waals surface area contributed by atoms with Crippen molar-refractivity contribution >= 4 is 50.7 Å². The summed E-state index contributed by atoms with van der Waals surface area (Å²) in [7, 11) is -2.39. The number of sulfonamides is 1. The molecule has 1 atom stereocenters. The van der Waals surface area contributed by atoms with Crippen molar-refractivity contribution in [2.45, 2.75) is 32.9 Å². The average molecular weight is 621 g/mol. The van der Waals surface area contributed by atoms with E-state index in [0.29, 0.717) is 27.9 Å². The van der Waals surface area contributed by atoms with E-state index in [4.69, 9.17) is 27.9 Å². The molecule has 3 rings (SSSR count). The molecule has 2 amide bonds. The standard InChI is InChI=1S/C30H35Cl2N3O5S/c1-21(2)18-33-30(37)28(17-22-9-6-5-7-10-22)34(19-25-26(31)11-8-12-27(25)32)29(36)20-35(41(4,38)39)23-13-15-24(40-3)16-14-23/h5-16,21,28H,17-20H2,1-4H3,(H,33,37). The monoisotopic (exact) mass is 619 g/mol. The van der Waals surface area contributed by atoms with Gasteiger partial charge in [0.1, 0.15) is 18.3 Å². The summed E-state index contributed by atoms with van der Waals surface area (Å²) < 4.78 is 32.0. The van der Waals surface area contributed by atoms with E-state index in [9.17, 15) is 18.0 Å². The fourth-order valence-corrected chi connectivity index (χ4v) is 5.56. The van der Waals surface area contributed by atoms with Crippen molar-refractivity contribution in [2.24, 2.45) is 5.92 Å². The van der Waals surface area contributed by atoms with Crippen LogP contribution in [0.15, 0.2) is 72.8 Å². The van der Waals surface area contributed by atoms with Gasteiger partial charge in [0.25, 0.3) is 0 Å². The summed E-state index contributed by atoms with van der Waals surface area (Å²) >= 11 is 13.0. The van der Waals surface area contributed by atoms with E-state index in [1.165, 1.54) is 12.0 Å². The lowest BCUT2D eigenvalue weighted by Crippen LogP contribution is -2.53. The molecule has 3 aromatic carbocycles. The van der Waals surface area contributed by atoms with Crippen LogP contribution in [0.4, 0.5) is 5.69 Å². The second-order valence-corrected chi connectivity index (χ2v) is 12.8. The van der Waals surface area contributed by atoms with Crippen LogP contribution in [0.5, 0.6) is 5.75 Å². The Kier molecular flexibility index (Phi) is 11.5. The summed E-state index contributed by atoms with van der Waals surface area (Å²) in [5, 5.41) is 3.59. The molecule has 1 unspecified atom stereocenters. The normalized spacial score (nSPS) is 12.1. The summed E-state index contributed by atoms with van der Waals surface area (Å²) in [4.78, 5) is 29.2. The maximum absolute atomic E-state index is 14.1. The third-order valence-electron chi connectivity index (χ3n) is 6.39. The number of ether oxygens (including phenoxy) is 1. The van der Waals surface area contributed by atoms with Gasteiger partial charge in [-0.25, -0.2) is 8.42 Å². The molecular formula is C30H35Cl2N3O5S. The fourth-order valence-electron chi connectivity index (χ4n) is 4.19. The van der Waals surface area contributed by atoms with Gasteiger partial charge in [-0.15, -0.1) is 0 Å². The molecule has 0 heterocycles. The number of rotatable bonds is 13. The van der Waals surface area contributed by atoms with Crippen molar-refractivity contribution in [3.05, 3.63) is 94.0 Å². The quantitative estimate of drug-likeness (QED) is 0.284. The highest BCUT2D eigenvalue weighted by atomic mass is 35.5. The second kappa shape index (κ2) is 14.6. The Morgan fingerprint density at radius 3 is 2.07 bits per heavy atom. The van der Waals surface area contributed by atoms with Crippen LogP contribution >= 0.6 is 23.2 Å². The molecule has 0 aliphatic heterocycles. The van der Waals surface area contributed by atoms with Crippen molar-refractivity contribution < 1.29 is 22.7 Å². The van der Waals surface area contributed by atoms with Crippen LogP contribution < -0.4 is 14.4 Å². The first-order valence-corrected chi connectivity index (χ1v) is 15.7. The van der Waals surface area contributed by atoms with Crippen molar-refractivity contribution in [1.29, 1.82) is 0 Å². The molecule has 0 saturated heterocycles. The number of carbonyl (C=O) groups excluding carboxylic acids is 2. The molecule has 0 bridgehead atoms. The van der Waals surface area contributed by atoms with Crippen molar-refractivity contribution in [3.8, 4) is 5.75 Å². The number of hydrogen-bond acceptors (Lipinski definition) is 5. The number of amides is 2. The van der Waals surface area contributed by atoms with E-state index < -0.39 is 28.5 Å². The van der Waals surface area contributed by atoms with Crippen molar-refractivity contribution in [3.63, 3.8) is 0 Å². The predicted molar refractivity (Wildman–Crippen MR) is 164 cm³/mol. The lowest BCUT2D eigenvalue weighted by atomic mass is 10.0. The molecule has 0 saturated carbocycles. The van der Waals surface area contributed by atoms with Crippen LogP contribution in [0.2, 0.25) is 10.0 Å². The van der Waals surface area contributed by atoms with Crippen LogP contribution in [0.1, 0.15) is 25.0 Å². The van der Waals surface area contributed by atoms with Gasteiger partial charge < -0.3 is 15.0 Å². The minimum Gasteiger partial charge on any atom is -0.497 e. The van der Waals surface area contributed by atoms with Gasteiger partial charge in [0.05, 0.1) is 19.1 Å². The molecule has 11 heteroatoms. The number of hydrogen-bond donors (Lipinski definition) is 1. The zero-order valence-corrected chi connectivity index (χ0v) is 25.8. The largest absolute Gasteiger partial charge is 0.497 e. The Morgan fingerprint density at radius 1 is 0.927 bits per heavy atom. The number of methoxy groups -OCH3 is 1. The number of carbonyl (C=O) groups is 2. The number of nitrogens with one attached hydrogen (secondary N) is 1. The zero-order chi connectivity index (χ0) is 30.2. The Balaban J connectivity index is 2.08. The van der Waals surface area contributed by atoms with Crippen LogP contribution in [-0.4, -0.2) is 57.6 Å². The third kappa shape index (κ3) is 9.11. The van der Waals surface area contributed by atoms with Crippen LogP contribution in [-0.2, 0) is 32.6 Å². The van der Waals surface area contributed by atoms with Crippen LogP contribution in [0.25, 0.3) is 0 Å². The van der Waals surface area contributed by atoms with E-state index in [-0.39, 0.29) is 30.5 Å². The van der Waals surface area contributed by atoms with E-state index in [1.54, 1.807) is 42.5 Å². The first-order chi connectivity index (χ1) is 19.4. The maximum Gasteiger partial charge on any atom is 0.244 e. The highest BCUT2D eigenvalue weighted by Gasteiger charge is 2.33. The highest BCUT2D eigenvalue weighted by Crippen LogP contribution is 2.28. The van der Waals surface area contributed by atoms with E-state index in [0.717, 1.165) is 16.1 Å². The number of anilines is 1. The molecule has 0 aromatic heterocycles. The molecular weight excluding hydrogens is 585 g/mol. The van der Waals surface area contributed by atoms with Gasteiger partial charge in [0.15, 0.2) is 0 Å². The first-order valence-electron chi connectivity index (χ1n) is 13.1. The zero-order valence-electron chi connectivity index (χ0n) is 23.5. The summed E-state index contributed by atoms with van der Waals surface area (Å²) in [6, 6.07) is 19.6. The molecule has 0 fully saturated rings. The van der Waals surface area contributed by atoms with Gasteiger partial charge in [-0.2, -0.15) is 0 Å². The topological polar surface area (TPSA) is 96.0 Å². The Hall–Kier alpha value is -3.27. The van der Waals surface area contributed by atoms with Gasteiger partial charge in [-0.3, -0.25) is 13.9 Å². The lowest BCUT2D eigenvalue weighted by molar-refractivity contribution is -0.140. The highest BCUT2D eigenvalue weighted by molar-refractivity contribution is 7.92. The Labute approximate surface area is 252 Å². The van der Waals surface area contributed by atoms with Gasteiger partial charge in [0, 0.05) is 35.1 Å². The minimum absolute atomic E-state index is 0.107. The molecule has 0 aliphatic rings. The summed E-state index contributed by atoms with van der Waals surface area (Å²) in [5.74, 6) is -0.250. The molecule has 41 heavy (non-hydrogen) atoms. The third-order valence-corrected chi connectivity index (χ3v) is 8.23. The number of nitrogens with zero attached hydrogens (tertiary/aromatic N) is 2. The van der Waals surface area contributed by atoms with E-state index >= 15 is 0 Å². The van der Waals surface area contributed by atoms with E-state index in [1.807, 2.05) is 44.2 Å². The molecule has 1 N–H and O–H groups in total. The second-order valence-electron chi connectivity index (χ2n) is 10.0. The SMILES string of the molecule is COc1ccc(N(CC(=O)N(Cc2c(Cl)cccc2Cl)C(Cc2ccccc2)C(=O)NCC(C)C)S(C)(=O)=O)cc1. The number of benzene rings is 3. The summed E-state index contributed by atoms with van der Waals surface area (Å²) in [6.45, 7) is 3.69. The smallest absolute Gasteiger partial charge is 0.244 e. The Morgan fingerprint density at radius 2 is 1.54 bits per heavy atom. The van der Waals surface area contributed by atoms with Crippen LogP contribution in [0, 0.1) is 5.92 Å². The maximum atomic E-state index is 14.1. The number of halogens is 2. The molecule has 220 valence electrons. The average Bonchev–Trinajstić information content (AvgIpc) is 2.93. The Bertz CT molecular complexity index is 1410. The molecule has 0 aliphatic carbocycles. The van der Waals surface area contributed by atoms with Crippen LogP contribution in [0.3, 0.4) is 0 Å². The van der Waals surface area contributed by atoms with Gasteiger partial charge >= 0.3 is 0 Å². The summed E-state index contributed by atoms with van der Waals surface area (Å²) in [5.41, 5.74) is 1.56. The minimum atomic E-state index is -3.89.